The molecule has 0 aliphatic rings. The van der Waals surface area contributed by atoms with Crippen molar-refractivity contribution in [1.82, 2.24) is 10.2 Å². The molecule has 1 unspecified atom stereocenters. The molecule has 19 heavy (non-hydrogen) atoms. The maximum Gasteiger partial charge on any atom is 0.248 e. The van der Waals surface area contributed by atoms with E-state index in [9.17, 15) is 0 Å². The lowest BCUT2D eigenvalue weighted by atomic mass is 10.1. The van der Waals surface area contributed by atoms with E-state index in [2.05, 4.69) is 32.8 Å². The van der Waals surface area contributed by atoms with E-state index in [-0.39, 0.29) is 0 Å². The molecule has 2 aromatic heterocycles. The van der Waals surface area contributed by atoms with E-state index >= 15 is 0 Å². The number of nitrogens with zero attached hydrogens (tertiary/aromatic N) is 2. The Morgan fingerprint density at radius 2 is 2.00 bits per heavy atom. The topological polar surface area (TPSA) is 38.9 Å². The Bertz CT molecular complexity index is 683. The molecule has 3 nitrogen and oxygen atoms in total. The van der Waals surface area contributed by atoms with Crippen LogP contribution in [0.2, 0.25) is 0 Å². The number of benzene rings is 1. The molecule has 3 aromatic rings. The predicted octanol–water partition coefficient (Wildman–Crippen LogP) is 4.73. The Balaban J connectivity index is 1.89. The molecule has 6 heteroatoms. The molecule has 0 N–H and O–H groups in total. The van der Waals surface area contributed by atoms with Crippen LogP contribution in [0.5, 0.6) is 0 Å². The summed E-state index contributed by atoms with van der Waals surface area (Å²) in [6, 6.07) is 11.7. The molecule has 0 aliphatic carbocycles. The summed E-state index contributed by atoms with van der Waals surface area (Å²) in [7, 11) is 0. The fourth-order valence-electron chi connectivity index (χ4n) is 1.64. The normalized spacial score (nSPS) is 12.5. The summed E-state index contributed by atoms with van der Waals surface area (Å²) in [4.78, 5) is 0. The number of hydrogen-bond donors (Lipinski definition) is 0. The molecule has 0 saturated carbocycles. The van der Waals surface area contributed by atoms with Crippen LogP contribution in [0, 0.1) is 2.88 Å². The van der Waals surface area contributed by atoms with Crippen molar-refractivity contribution in [3.63, 3.8) is 0 Å². The van der Waals surface area contributed by atoms with Gasteiger partial charge in [-0.25, -0.2) is 0 Å². The lowest BCUT2D eigenvalue weighted by Gasteiger charge is -2.03. The van der Waals surface area contributed by atoms with Gasteiger partial charge in [0.05, 0.1) is 8.45 Å². The largest absolute Gasteiger partial charge is 0.419 e. The molecule has 0 saturated heterocycles. The predicted molar refractivity (Wildman–Crippen MR) is 84.5 cm³/mol. The van der Waals surface area contributed by atoms with Gasteiger partial charge in [-0.15, -0.1) is 33.1 Å². The number of thiophene rings is 1. The van der Waals surface area contributed by atoms with Gasteiger partial charge in [0.2, 0.25) is 11.8 Å². The number of halogens is 2. The van der Waals surface area contributed by atoms with Gasteiger partial charge in [0.25, 0.3) is 0 Å². The summed E-state index contributed by atoms with van der Waals surface area (Å²) in [6.45, 7) is 0. The fourth-order valence-corrected chi connectivity index (χ4v) is 3.19. The Morgan fingerprint density at radius 1 is 1.21 bits per heavy atom. The highest BCUT2D eigenvalue weighted by Gasteiger charge is 2.18. The second-order valence-corrected chi connectivity index (χ2v) is 7.10. The van der Waals surface area contributed by atoms with Crippen LogP contribution in [0.3, 0.4) is 0 Å². The molecule has 0 spiro atoms. The molecule has 96 valence electrons. The summed E-state index contributed by atoms with van der Waals surface area (Å²) in [6.07, 6.45) is 0. The van der Waals surface area contributed by atoms with Crippen molar-refractivity contribution in [2.75, 3.05) is 0 Å². The molecule has 2 heterocycles. The van der Waals surface area contributed by atoms with Crippen molar-refractivity contribution >= 4 is 45.5 Å². The zero-order chi connectivity index (χ0) is 13.2. The van der Waals surface area contributed by atoms with E-state index in [1.165, 1.54) is 2.88 Å². The molecule has 0 aliphatic heterocycles. The number of rotatable bonds is 3. The quantitative estimate of drug-likeness (QED) is 0.469. The molecule has 0 fully saturated rings. The van der Waals surface area contributed by atoms with Gasteiger partial charge in [-0.2, -0.15) is 0 Å². The van der Waals surface area contributed by atoms with E-state index in [0.717, 1.165) is 11.1 Å². The number of aromatic nitrogens is 2. The molecule has 3 rings (SSSR count). The molecule has 0 bridgehead atoms. The Kier molecular flexibility index (Phi) is 3.86. The number of hydrogen-bond acceptors (Lipinski definition) is 4. The first-order valence-electron chi connectivity index (χ1n) is 5.51. The van der Waals surface area contributed by atoms with Crippen molar-refractivity contribution in [2.24, 2.45) is 0 Å². The van der Waals surface area contributed by atoms with Gasteiger partial charge in [-0.3, -0.25) is 0 Å². The van der Waals surface area contributed by atoms with Crippen molar-refractivity contribution in [3.8, 4) is 11.5 Å². The SMILES string of the molecule is ClC(c1ccccc1)c1nnc(-c2csc(I)c2)o1. The van der Waals surface area contributed by atoms with E-state index in [0.29, 0.717) is 11.8 Å². The highest BCUT2D eigenvalue weighted by molar-refractivity contribution is 14.1. The summed E-state index contributed by atoms with van der Waals surface area (Å²) in [5.41, 5.74) is 1.88. The molecule has 1 aromatic carbocycles. The van der Waals surface area contributed by atoms with Crippen LogP contribution in [0.15, 0.2) is 46.2 Å². The minimum Gasteiger partial charge on any atom is -0.419 e. The minimum absolute atomic E-state index is 0.417. The summed E-state index contributed by atoms with van der Waals surface area (Å²) >= 11 is 10.2. The fraction of sp³-hybridized carbons (Fsp3) is 0.0769. The van der Waals surface area contributed by atoms with Gasteiger partial charge in [0.15, 0.2) is 0 Å². The van der Waals surface area contributed by atoms with Crippen molar-refractivity contribution in [1.29, 1.82) is 0 Å². The summed E-state index contributed by atoms with van der Waals surface area (Å²) < 4.78 is 6.83. The third-order valence-corrected chi connectivity index (χ3v) is 4.79. The summed E-state index contributed by atoms with van der Waals surface area (Å²) in [5, 5.41) is 9.65. The first kappa shape index (κ1) is 13.1. The van der Waals surface area contributed by atoms with Crippen molar-refractivity contribution in [2.45, 2.75) is 5.38 Å². The van der Waals surface area contributed by atoms with Gasteiger partial charge >= 0.3 is 0 Å². The van der Waals surface area contributed by atoms with Crippen LogP contribution in [-0.4, -0.2) is 10.2 Å². The van der Waals surface area contributed by atoms with E-state index < -0.39 is 5.38 Å². The Hall–Kier alpha value is -0.920. The highest BCUT2D eigenvalue weighted by atomic mass is 127. The average Bonchev–Trinajstić information content (AvgIpc) is 3.07. The van der Waals surface area contributed by atoms with Crippen LogP contribution in [0.1, 0.15) is 16.8 Å². The molecular weight excluding hydrogens is 395 g/mol. The Labute approximate surface area is 132 Å². The van der Waals surface area contributed by atoms with Crippen molar-refractivity contribution in [3.05, 3.63) is 56.1 Å². The first-order chi connectivity index (χ1) is 9.24. The second kappa shape index (κ2) is 5.60. The zero-order valence-electron chi connectivity index (χ0n) is 9.59. The van der Waals surface area contributed by atoms with E-state index in [1.807, 2.05) is 41.8 Å². The first-order valence-corrected chi connectivity index (χ1v) is 7.90. The third kappa shape index (κ3) is 2.82. The maximum atomic E-state index is 6.34. The highest BCUT2D eigenvalue weighted by Crippen LogP contribution is 2.31. The lowest BCUT2D eigenvalue weighted by Crippen LogP contribution is -1.92. The van der Waals surface area contributed by atoms with Crippen LogP contribution in [0.4, 0.5) is 0 Å². The van der Waals surface area contributed by atoms with Crippen LogP contribution in [-0.2, 0) is 0 Å². The van der Waals surface area contributed by atoms with Crippen LogP contribution < -0.4 is 0 Å². The molecular formula is C13H8ClIN2OS. The van der Waals surface area contributed by atoms with Gasteiger partial charge in [-0.05, 0) is 34.2 Å². The average molecular weight is 403 g/mol. The third-order valence-electron chi connectivity index (χ3n) is 2.56. The molecule has 1 atom stereocenters. The standard InChI is InChI=1S/C13H8ClIN2OS/c14-11(8-4-2-1-3-5-8)13-17-16-12(18-13)9-6-10(15)19-7-9/h1-7,11H. The van der Waals surface area contributed by atoms with Crippen LogP contribution in [0.25, 0.3) is 11.5 Å². The Morgan fingerprint density at radius 3 is 2.68 bits per heavy atom. The van der Waals surface area contributed by atoms with E-state index in [1.54, 1.807) is 11.3 Å². The number of alkyl halides is 1. The smallest absolute Gasteiger partial charge is 0.248 e. The summed E-state index contributed by atoms with van der Waals surface area (Å²) in [5.74, 6) is 0.930. The second-order valence-electron chi connectivity index (χ2n) is 3.86. The monoisotopic (exact) mass is 402 g/mol. The van der Waals surface area contributed by atoms with Gasteiger partial charge in [-0.1, -0.05) is 30.3 Å². The molecule has 0 radical (unpaired) electrons. The van der Waals surface area contributed by atoms with Gasteiger partial charge < -0.3 is 4.42 Å². The van der Waals surface area contributed by atoms with Gasteiger partial charge in [0.1, 0.15) is 5.38 Å². The van der Waals surface area contributed by atoms with Crippen LogP contribution >= 0.6 is 45.5 Å². The molecule has 0 amide bonds. The zero-order valence-corrected chi connectivity index (χ0v) is 13.3. The minimum atomic E-state index is -0.417. The lowest BCUT2D eigenvalue weighted by molar-refractivity contribution is 0.513. The van der Waals surface area contributed by atoms with Gasteiger partial charge in [0, 0.05) is 5.38 Å². The van der Waals surface area contributed by atoms with Crippen molar-refractivity contribution < 1.29 is 4.42 Å². The maximum absolute atomic E-state index is 6.34. The van der Waals surface area contributed by atoms with E-state index in [4.69, 9.17) is 16.0 Å².